The highest BCUT2D eigenvalue weighted by Gasteiger charge is 2.48. The first kappa shape index (κ1) is 27.3. The second-order valence-corrected chi connectivity index (χ2v) is 10.8. The molecule has 2 N–H and O–H groups in total. The van der Waals surface area contributed by atoms with Crippen LogP contribution >= 0.6 is 0 Å². The van der Waals surface area contributed by atoms with Crippen molar-refractivity contribution in [3.8, 4) is 23.3 Å². The molecule has 0 spiro atoms. The summed E-state index contributed by atoms with van der Waals surface area (Å²) in [6.07, 6.45) is 4.26. The molecule has 13 heteroatoms. The van der Waals surface area contributed by atoms with Gasteiger partial charge in [-0.15, -0.1) is 0 Å². The normalized spacial score (nSPS) is 17.4. The average Bonchev–Trinajstić information content (AvgIpc) is 3.65. The molecule has 2 saturated heterocycles. The molecule has 2 aliphatic heterocycles. The lowest BCUT2D eigenvalue weighted by atomic mass is 9.84. The Labute approximate surface area is 239 Å². The summed E-state index contributed by atoms with van der Waals surface area (Å²) < 4.78 is 42.4. The van der Waals surface area contributed by atoms with Crippen molar-refractivity contribution in [3.05, 3.63) is 66.2 Å². The van der Waals surface area contributed by atoms with Crippen LogP contribution in [0.2, 0.25) is 0 Å². The van der Waals surface area contributed by atoms with Crippen molar-refractivity contribution in [1.82, 2.24) is 29.5 Å². The third-order valence-corrected chi connectivity index (χ3v) is 8.21. The highest BCUT2D eigenvalue weighted by atomic mass is 19.4. The molecule has 2 aliphatic rings. The number of benzene rings is 1. The van der Waals surface area contributed by atoms with Gasteiger partial charge in [0, 0.05) is 61.8 Å². The van der Waals surface area contributed by atoms with Crippen LogP contribution in [0.4, 0.5) is 23.7 Å². The highest BCUT2D eigenvalue weighted by molar-refractivity contribution is 5.92. The van der Waals surface area contributed by atoms with Crippen LogP contribution in [-0.4, -0.2) is 67.8 Å². The molecule has 214 valence electrons. The number of carbonyl (C=O) groups is 1. The van der Waals surface area contributed by atoms with Gasteiger partial charge >= 0.3 is 12.2 Å². The molecule has 0 saturated carbocycles. The summed E-state index contributed by atoms with van der Waals surface area (Å²) in [5.74, 6) is 0. The minimum Gasteiger partial charge on any atom is -0.346 e. The van der Waals surface area contributed by atoms with E-state index in [0.29, 0.717) is 45.4 Å². The first-order valence-electron chi connectivity index (χ1n) is 13.5. The van der Waals surface area contributed by atoms with Crippen molar-refractivity contribution in [1.29, 1.82) is 10.5 Å². The molecule has 0 unspecified atom stereocenters. The number of nitrogens with zero attached hydrogens (tertiary/aromatic N) is 7. The standard InChI is InChI=1S/C29H26F3N9O/c30-29(31,32)24-13-19(14-34)1-2-25(24)38-27(42)39-11-5-21(6-12-39)40-17-28(18-40,7-8-33)41-16-20(15-37-41)22-3-9-35-26-23(22)4-10-36-26/h1-4,9-10,13,15-16,21H,5-7,11-12,17-18H2,(H,35,36)(H,38,42). The minimum atomic E-state index is -4.71. The van der Waals surface area contributed by atoms with Crippen LogP contribution in [0.5, 0.6) is 0 Å². The highest BCUT2D eigenvalue weighted by Crippen LogP contribution is 2.38. The predicted molar refractivity (Wildman–Crippen MR) is 147 cm³/mol. The van der Waals surface area contributed by atoms with Gasteiger partial charge in [0.1, 0.15) is 11.2 Å². The van der Waals surface area contributed by atoms with Crippen LogP contribution in [0.15, 0.2) is 55.1 Å². The van der Waals surface area contributed by atoms with Gasteiger partial charge in [-0.3, -0.25) is 9.58 Å². The van der Waals surface area contributed by atoms with Gasteiger partial charge in [-0.2, -0.15) is 28.8 Å². The Hall–Kier alpha value is -4.88. The molecule has 0 bridgehead atoms. The van der Waals surface area contributed by atoms with Gasteiger partial charge in [0.25, 0.3) is 0 Å². The lowest BCUT2D eigenvalue weighted by Crippen LogP contribution is -2.66. The number of H-pyrrole nitrogens is 1. The number of halogens is 3. The number of amides is 2. The number of pyridine rings is 1. The predicted octanol–water partition coefficient (Wildman–Crippen LogP) is 4.94. The number of nitrogens with one attached hydrogen (secondary N) is 2. The number of fused-ring (bicyclic) bond motifs is 1. The second kappa shape index (κ2) is 10.5. The Balaban J connectivity index is 1.09. The number of likely N-dealkylation sites (tertiary alicyclic amines) is 2. The first-order valence-corrected chi connectivity index (χ1v) is 13.5. The van der Waals surface area contributed by atoms with E-state index in [0.717, 1.165) is 34.3 Å². The Morgan fingerprint density at radius 2 is 1.95 bits per heavy atom. The number of anilines is 1. The zero-order valence-corrected chi connectivity index (χ0v) is 22.4. The monoisotopic (exact) mass is 573 g/mol. The van der Waals surface area contributed by atoms with Gasteiger partial charge < -0.3 is 15.2 Å². The molecular weight excluding hydrogens is 547 g/mol. The third-order valence-electron chi connectivity index (χ3n) is 8.21. The van der Waals surface area contributed by atoms with E-state index < -0.39 is 23.3 Å². The van der Waals surface area contributed by atoms with Gasteiger partial charge in [-0.1, -0.05) is 0 Å². The molecule has 0 radical (unpaired) electrons. The number of piperidine rings is 1. The Bertz CT molecular complexity index is 1710. The van der Waals surface area contributed by atoms with Crippen molar-refractivity contribution < 1.29 is 18.0 Å². The van der Waals surface area contributed by atoms with E-state index >= 15 is 0 Å². The molecule has 0 atom stereocenters. The van der Waals surface area contributed by atoms with Gasteiger partial charge in [0.05, 0.1) is 41.6 Å². The van der Waals surface area contributed by atoms with Crippen LogP contribution in [0.1, 0.15) is 30.4 Å². The number of aromatic amines is 1. The maximum atomic E-state index is 13.5. The summed E-state index contributed by atoms with van der Waals surface area (Å²) in [6, 6.07) is 10.6. The van der Waals surface area contributed by atoms with Gasteiger partial charge in [0.2, 0.25) is 0 Å². The fourth-order valence-corrected chi connectivity index (χ4v) is 5.97. The summed E-state index contributed by atoms with van der Waals surface area (Å²) in [7, 11) is 0. The fourth-order valence-electron chi connectivity index (χ4n) is 5.97. The SMILES string of the molecule is N#CCC1(n2cc(-c3ccnc4[nH]ccc34)cn2)CN(C2CCN(C(=O)Nc3ccc(C#N)cc3C(F)(F)F)CC2)C1. The molecule has 2 amide bonds. The maximum Gasteiger partial charge on any atom is 0.418 e. The lowest BCUT2D eigenvalue weighted by Gasteiger charge is -2.53. The van der Waals surface area contributed by atoms with Gasteiger partial charge in [-0.25, -0.2) is 9.78 Å². The van der Waals surface area contributed by atoms with E-state index in [-0.39, 0.29) is 17.3 Å². The van der Waals surface area contributed by atoms with Crippen LogP contribution in [0.25, 0.3) is 22.2 Å². The number of hydrogen-bond donors (Lipinski definition) is 2. The molecular formula is C29H26F3N9O. The number of alkyl halides is 3. The van der Waals surface area contributed by atoms with Crippen molar-refractivity contribution in [2.24, 2.45) is 0 Å². The van der Waals surface area contributed by atoms with Crippen LogP contribution in [0.3, 0.4) is 0 Å². The van der Waals surface area contributed by atoms with Crippen molar-refractivity contribution in [2.45, 2.75) is 37.0 Å². The van der Waals surface area contributed by atoms with E-state index in [9.17, 15) is 23.2 Å². The fraction of sp³-hybridized carbons (Fsp3) is 0.345. The van der Waals surface area contributed by atoms with E-state index in [1.54, 1.807) is 18.5 Å². The molecule has 1 aromatic carbocycles. The van der Waals surface area contributed by atoms with Crippen LogP contribution in [0, 0.1) is 22.7 Å². The van der Waals surface area contributed by atoms with Crippen molar-refractivity contribution >= 4 is 22.8 Å². The number of urea groups is 1. The summed E-state index contributed by atoms with van der Waals surface area (Å²) >= 11 is 0. The largest absolute Gasteiger partial charge is 0.418 e. The summed E-state index contributed by atoms with van der Waals surface area (Å²) in [4.78, 5) is 24.1. The number of rotatable bonds is 5. The Kier molecular flexibility index (Phi) is 6.83. The zero-order valence-electron chi connectivity index (χ0n) is 22.4. The minimum absolute atomic E-state index is 0.134. The summed E-state index contributed by atoms with van der Waals surface area (Å²) in [6.45, 7) is 2.04. The van der Waals surface area contributed by atoms with E-state index in [2.05, 4.69) is 31.4 Å². The molecule has 10 nitrogen and oxygen atoms in total. The topological polar surface area (TPSA) is 130 Å². The van der Waals surface area contributed by atoms with E-state index in [1.165, 1.54) is 11.0 Å². The summed E-state index contributed by atoms with van der Waals surface area (Å²) in [5, 5.41) is 26.6. The van der Waals surface area contributed by atoms with Gasteiger partial charge in [-0.05, 0) is 48.7 Å². The van der Waals surface area contributed by atoms with Crippen molar-refractivity contribution in [3.63, 3.8) is 0 Å². The molecule has 0 aliphatic carbocycles. The zero-order chi connectivity index (χ0) is 29.5. The molecule has 4 aromatic rings. The van der Waals surface area contributed by atoms with Gasteiger partial charge in [0.15, 0.2) is 0 Å². The molecule has 5 heterocycles. The van der Waals surface area contributed by atoms with Crippen LogP contribution < -0.4 is 5.32 Å². The third kappa shape index (κ3) is 4.92. The Morgan fingerprint density at radius 3 is 2.67 bits per heavy atom. The quantitative estimate of drug-likeness (QED) is 0.348. The van der Waals surface area contributed by atoms with E-state index in [4.69, 9.17) is 5.26 Å². The molecule has 2 fully saturated rings. The van der Waals surface area contributed by atoms with E-state index in [1.807, 2.05) is 29.2 Å². The first-order chi connectivity index (χ1) is 20.2. The lowest BCUT2D eigenvalue weighted by molar-refractivity contribution is -0.136. The number of hydrogen-bond acceptors (Lipinski definition) is 6. The smallest absolute Gasteiger partial charge is 0.346 e. The van der Waals surface area contributed by atoms with Crippen LogP contribution in [-0.2, 0) is 11.7 Å². The van der Waals surface area contributed by atoms with Crippen molar-refractivity contribution in [2.75, 3.05) is 31.5 Å². The molecule has 3 aromatic heterocycles. The second-order valence-electron chi connectivity index (χ2n) is 10.8. The number of aromatic nitrogens is 4. The number of nitriles is 2. The maximum absolute atomic E-state index is 13.5. The molecule has 42 heavy (non-hydrogen) atoms. The summed E-state index contributed by atoms with van der Waals surface area (Å²) in [5.41, 5.74) is 0.708. The number of carbonyl (C=O) groups excluding carboxylic acids is 1. The Morgan fingerprint density at radius 1 is 1.17 bits per heavy atom. The average molecular weight is 574 g/mol. The molecule has 6 rings (SSSR count).